The Bertz CT molecular complexity index is 860. The lowest BCUT2D eigenvalue weighted by atomic mass is 10.2. The van der Waals surface area contributed by atoms with Crippen molar-refractivity contribution in [3.05, 3.63) is 39.1 Å². The zero-order valence-electron chi connectivity index (χ0n) is 11.8. The van der Waals surface area contributed by atoms with Gasteiger partial charge in [-0.2, -0.15) is 0 Å². The third kappa shape index (κ3) is 2.56. The van der Waals surface area contributed by atoms with Crippen molar-refractivity contribution in [1.82, 2.24) is 9.55 Å². The monoisotopic (exact) mass is 318 g/mol. The minimum atomic E-state index is -0.0524. The predicted molar refractivity (Wildman–Crippen MR) is 87.2 cm³/mol. The van der Waals surface area contributed by atoms with Crippen LogP contribution in [0.4, 0.5) is 0 Å². The minimum absolute atomic E-state index is 0.0524. The summed E-state index contributed by atoms with van der Waals surface area (Å²) in [5.74, 6) is 0.735. The van der Waals surface area contributed by atoms with Gasteiger partial charge >= 0.3 is 0 Å². The van der Waals surface area contributed by atoms with Crippen LogP contribution in [0.5, 0.6) is 0 Å². The first-order chi connectivity index (χ1) is 10.1. The fourth-order valence-electron chi connectivity index (χ4n) is 2.27. The molecule has 0 unspecified atom stereocenters. The minimum Gasteiger partial charge on any atom is -0.300 e. The van der Waals surface area contributed by atoms with E-state index in [9.17, 15) is 9.59 Å². The number of fused-ring (bicyclic) bond motifs is 1. The molecular weight excluding hydrogens is 304 g/mol. The molecule has 21 heavy (non-hydrogen) atoms. The van der Waals surface area contributed by atoms with Gasteiger partial charge in [0.1, 0.15) is 16.4 Å². The second kappa shape index (κ2) is 5.54. The van der Waals surface area contributed by atoms with Crippen molar-refractivity contribution in [3.63, 3.8) is 0 Å². The summed E-state index contributed by atoms with van der Waals surface area (Å²) < 4.78 is 1.60. The highest BCUT2D eigenvalue weighted by atomic mass is 32.1. The number of Topliss-reactive ketones (excluding diaryl/α,β-unsaturated/α-hetero) is 1. The number of aromatic nitrogens is 2. The van der Waals surface area contributed by atoms with E-state index in [0.717, 1.165) is 15.3 Å². The van der Waals surface area contributed by atoms with Crippen molar-refractivity contribution in [2.75, 3.05) is 0 Å². The van der Waals surface area contributed by atoms with Crippen LogP contribution in [0.3, 0.4) is 0 Å². The van der Waals surface area contributed by atoms with Gasteiger partial charge in [0.15, 0.2) is 0 Å². The zero-order valence-corrected chi connectivity index (χ0v) is 13.4. The highest BCUT2D eigenvalue weighted by Crippen LogP contribution is 2.33. The van der Waals surface area contributed by atoms with E-state index >= 15 is 0 Å². The van der Waals surface area contributed by atoms with Gasteiger partial charge < -0.3 is 0 Å². The van der Waals surface area contributed by atoms with E-state index in [-0.39, 0.29) is 11.3 Å². The van der Waals surface area contributed by atoms with Crippen LogP contribution in [0.15, 0.2) is 27.7 Å². The topological polar surface area (TPSA) is 52.0 Å². The van der Waals surface area contributed by atoms with E-state index in [1.165, 1.54) is 18.3 Å². The molecule has 0 spiro atoms. The second-order valence-corrected chi connectivity index (χ2v) is 6.68. The Morgan fingerprint density at radius 3 is 2.86 bits per heavy atom. The summed E-state index contributed by atoms with van der Waals surface area (Å²) in [6.45, 7) is 3.74. The van der Waals surface area contributed by atoms with Gasteiger partial charge in [-0.15, -0.1) is 22.7 Å². The molecule has 0 saturated carbocycles. The largest absolute Gasteiger partial charge is 0.300 e. The molecule has 6 heteroatoms. The Morgan fingerprint density at radius 1 is 1.38 bits per heavy atom. The molecule has 3 heterocycles. The lowest BCUT2D eigenvalue weighted by Gasteiger charge is -2.08. The summed E-state index contributed by atoms with van der Waals surface area (Å²) in [5, 5.41) is 4.64. The molecule has 3 aromatic heterocycles. The van der Waals surface area contributed by atoms with Gasteiger partial charge in [0, 0.05) is 28.8 Å². The predicted octanol–water partition coefficient (Wildman–Crippen LogP) is 3.47. The third-order valence-corrected chi connectivity index (χ3v) is 5.13. The molecule has 0 aliphatic heterocycles. The summed E-state index contributed by atoms with van der Waals surface area (Å²) in [6.07, 6.45) is 0.354. The molecule has 4 nitrogen and oxygen atoms in total. The fourth-order valence-corrected chi connectivity index (χ4v) is 4.07. The Kier molecular flexibility index (Phi) is 3.73. The van der Waals surface area contributed by atoms with Gasteiger partial charge in [0.05, 0.1) is 5.39 Å². The average molecular weight is 318 g/mol. The number of carbonyl (C=O) groups excluding carboxylic acids is 1. The molecule has 108 valence electrons. The van der Waals surface area contributed by atoms with Crippen LogP contribution in [0.1, 0.15) is 19.2 Å². The first-order valence-corrected chi connectivity index (χ1v) is 8.36. The van der Waals surface area contributed by atoms with Crippen LogP contribution in [-0.2, 0) is 11.3 Å². The molecule has 0 saturated heterocycles. The maximum Gasteiger partial charge on any atom is 0.262 e. The lowest BCUT2D eigenvalue weighted by Crippen LogP contribution is -2.24. The van der Waals surface area contributed by atoms with Crippen molar-refractivity contribution in [1.29, 1.82) is 0 Å². The quantitative estimate of drug-likeness (QED) is 0.740. The van der Waals surface area contributed by atoms with E-state index < -0.39 is 0 Å². The van der Waals surface area contributed by atoms with Crippen molar-refractivity contribution < 1.29 is 4.79 Å². The number of nitrogens with zero attached hydrogens (tertiary/aromatic N) is 2. The number of ketones is 1. The van der Waals surface area contributed by atoms with Crippen LogP contribution in [0.2, 0.25) is 0 Å². The average Bonchev–Trinajstić information content (AvgIpc) is 3.05. The Hall–Kier alpha value is -1.79. The fraction of sp³-hybridized carbons (Fsp3) is 0.267. The van der Waals surface area contributed by atoms with Crippen molar-refractivity contribution >= 4 is 38.7 Å². The van der Waals surface area contributed by atoms with Crippen LogP contribution >= 0.6 is 22.7 Å². The van der Waals surface area contributed by atoms with Gasteiger partial charge in [-0.25, -0.2) is 4.98 Å². The van der Waals surface area contributed by atoms with Crippen molar-refractivity contribution in [2.45, 2.75) is 26.8 Å². The summed E-state index contributed by atoms with van der Waals surface area (Å²) in [6, 6.07) is 3.98. The molecule has 3 rings (SSSR count). The molecule has 0 bridgehead atoms. The van der Waals surface area contributed by atoms with Crippen molar-refractivity contribution in [2.24, 2.45) is 0 Å². The maximum atomic E-state index is 12.8. The molecule has 0 N–H and O–H groups in total. The van der Waals surface area contributed by atoms with Gasteiger partial charge in [-0.3, -0.25) is 14.2 Å². The van der Waals surface area contributed by atoms with E-state index in [4.69, 9.17) is 0 Å². The molecule has 0 aliphatic rings. The molecule has 0 fully saturated rings. The Labute approximate surface area is 129 Å². The van der Waals surface area contributed by atoms with E-state index in [1.54, 1.807) is 15.9 Å². The molecule has 0 aromatic carbocycles. The van der Waals surface area contributed by atoms with Gasteiger partial charge in [0.2, 0.25) is 0 Å². The smallest absolute Gasteiger partial charge is 0.262 e. The van der Waals surface area contributed by atoms with Gasteiger partial charge in [-0.1, -0.05) is 6.07 Å². The molecule has 0 amide bonds. The molecule has 3 aromatic rings. The molecule has 0 radical (unpaired) electrons. The highest BCUT2D eigenvalue weighted by Gasteiger charge is 2.16. The SMILES string of the molecule is CC(=O)CCn1c(C)nc2scc(-c3cccs3)c2c1=O. The summed E-state index contributed by atoms with van der Waals surface area (Å²) in [7, 11) is 0. The lowest BCUT2D eigenvalue weighted by molar-refractivity contribution is -0.117. The molecule has 0 atom stereocenters. The van der Waals surface area contributed by atoms with E-state index in [1.807, 2.05) is 29.8 Å². The first kappa shape index (κ1) is 14.2. The standard InChI is InChI=1S/C15H14N2O2S2/c1-9(18)5-6-17-10(2)16-14-13(15(17)19)11(8-21-14)12-4-3-7-20-12/h3-4,7-8H,5-6H2,1-2H3. The maximum absolute atomic E-state index is 12.8. The number of thiophene rings is 2. The summed E-state index contributed by atoms with van der Waals surface area (Å²) in [5.41, 5.74) is 0.891. The Morgan fingerprint density at radius 2 is 2.19 bits per heavy atom. The summed E-state index contributed by atoms with van der Waals surface area (Å²) >= 11 is 3.10. The number of aryl methyl sites for hydroxylation is 1. The van der Waals surface area contributed by atoms with Crippen LogP contribution in [0, 0.1) is 6.92 Å². The number of hydrogen-bond acceptors (Lipinski definition) is 5. The van der Waals surface area contributed by atoms with E-state index in [2.05, 4.69) is 4.98 Å². The van der Waals surface area contributed by atoms with E-state index in [0.29, 0.717) is 24.2 Å². The highest BCUT2D eigenvalue weighted by molar-refractivity contribution is 7.18. The van der Waals surface area contributed by atoms with Crippen molar-refractivity contribution in [3.8, 4) is 10.4 Å². The first-order valence-electron chi connectivity index (χ1n) is 6.60. The Balaban J connectivity index is 2.20. The summed E-state index contributed by atoms with van der Waals surface area (Å²) in [4.78, 5) is 30.3. The van der Waals surface area contributed by atoms with Crippen LogP contribution in [-0.4, -0.2) is 15.3 Å². The van der Waals surface area contributed by atoms with Crippen LogP contribution in [0.25, 0.3) is 20.7 Å². The molecule has 0 aliphatic carbocycles. The normalized spacial score (nSPS) is 11.1. The number of rotatable bonds is 4. The molecular formula is C15H14N2O2S2. The van der Waals surface area contributed by atoms with Crippen LogP contribution < -0.4 is 5.56 Å². The second-order valence-electron chi connectivity index (χ2n) is 4.87. The van der Waals surface area contributed by atoms with Gasteiger partial charge in [0.25, 0.3) is 5.56 Å². The number of hydrogen-bond donors (Lipinski definition) is 0. The zero-order chi connectivity index (χ0) is 15.0. The number of carbonyl (C=O) groups is 1. The van der Waals surface area contributed by atoms with Gasteiger partial charge in [-0.05, 0) is 25.3 Å². The third-order valence-electron chi connectivity index (χ3n) is 3.36.